The van der Waals surface area contributed by atoms with E-state index < -0.39 is 16.0 Å². The van der Waals surface area contributed by atoms with E-state index in [0.717, 1.165) is 17.4 Å². The molecule has 0 saturated carbocycles. The summed E-state index contributed by atoms with van der Waals surface area (Å²) < 4.78 is 40.3. The lowest BCUT2D eigenvalue weighted by atomic mass is 10.0. The molecule has 0 fully saturated rings. The van der Waals surface area contributed by atoms with Gasteiger partial charge in [0.2, 0.25) is 0 Å². The Labute approximate surface area is 187 Å². The molecule has 0 atom stereocenters. The van der Waals surface area contributed by atoms with Crippen LogP contribution in [-0.4, -0.2) is 21.0 Å². The maximum Gasteiger partial charge on any atom is 0.342 e. The number of furan rings is 1. The van der Waals surface area contributed by atoms with Crippen LogP contribution in [-0.2, 0) is 21.2 Å². The van der Waals surface area contributed by atoms with Crippen LogP contribution in [0.25, 0.3) is 21.7 Å². The van der Waals surface area contributed by atoms with E-state index in [2.05, 4.69) is 4.72 Å². The number of anilines is 1. The number of carbonyl (C=O) groups excluding carboxylic acids is 1. The molecule has 0 aliphatic heterocycles. The van der Waals surface area contributed by atoms with Gasteiger partial charge in [-0.1, -0.05) is 48.9 Å². The molecule has 4 aromatic rings. The molecule has 7 heteroatoms. The van der Waals surface area contributed by atoms with E-state index in [9.17, 15) is 13.2 Å². The SMILES string of the molecule is CCCc1oc2c(cc(NS(=O)(=O)c3ccc(C)cc3)c3ccccc32)c1C(=O)OCC. The van der Waals surface area contributed by atoms with E-state index in [-0.39, 0.29) is 11.5 Å². The number of ether oxygens (including phenoxy) is 1. The first-order valence-corrected chi connectivity index (χ1v) is 12.1. The quantitative estimate of drug-likeness (QED) is 0.358. The van der Waals surface area contributed by atoms with Crippen molar-refractivity contribution in [2.75, 3.05) is 11.3 Å². The maximum absolute atomic E-state index is 13.1. The summed E-state index contributed by atoms with van der Waals surface area (Å²) >= 11 is 0. The van der Waals surface area contributed by atoms with Crippen LogP contribution in [0.5, 0.6) is 0 Å². The highest BCUT2D eigenvalue weighted by atomic mass is 32.2. The van der Waals surface area contributed by atoms with Gasteiger partial charge in [-0.15, -0.1) is 0 Å². The van der Waals surface area contributed by atoms with Gasteiger partial charge in [-0.25, -0.2) is 13.2 Å². The van der Waals surface area contributed by atoms with Crippen molar-refractivity contribution in [1.29, 1.82) is 0 Å². The molecule has 0 spiro atoms. The zero-order valence-electron chi connectivity index (χ0n) is 18.3. The Bertz CT molecular complexity index is 1400. The molecule has 0 aliphatic rings. The molecule has 4 rings (SSSR count). The van der Waals surface area contributed by atoms with Crippen molar-refractivity contribution in [2.45, 2.75) is 38.5 Å². The molecule has 0 amide bonds. The van der Waals surface area contributed by atoms with Gasteiger partial charge in [-0.2, -0.15) is 0 Å². The average molecular weight is 452 g/mol. The summed E-state index contributed by atoms with van der Waals surface area (Å²) in [7, 11) is -3.83. The Kier molecular flexibility index (Phi) is 5.93. The predicted octanol–water partition coefficient (Wildman–Crippen LogP) is 5.82. The van der Waals surface area contributed by atoms with Gasteiger partial charge in [0.05, 0.1) is 17.2 Å². The molecule has 1 N–H and O–H groups in total. The van der Waals surface area contributed by atoms with Crippen LogP contribution in [0.15, 0.2) is 63.9 Å². The number of rotatable bonds is 7. The van der Waals surface area contributed by atoms with Gasteiger partial charge in [0, 0.05) is 22.6 Å². The maximum atomic E-state index is 13.1. The minimum atomic E-state index is -3.83. The highest BCUT2D eigenvalue weighted by molar-refractivity contribution is 7.92. The van der Waals surface area contributed by atoms with Crippen molar-refractivity contribution >= 4 is 43.4 Å². The van der Waals surface area contributed by atoms with E-state index >= 15 is 0 Å². The fourth-order valence-corrected chi connectivity index (χ4v) is 4.88. The lowest BCUT2D eigenvalue weighted by Crippen LogP contribution is -2.13. The first-order chi connectivity index (χ1) is 15.4. The molecule has 6 nitrogen and oxygen atoms in total. The predicted molar refractivity (Wildman–Crippen MR) is 126 cm³/mol. The lowest BCUT2D eigenvalue weighted by molar-refractivity contribution is 0.0526. The van der Waals surface area contributed by atoms with Gasteiger partial charge < -0.3 is 9.15 Å². The zero-order chi connectivity index (χ0) is 22.9. The molecule has 0 bridgehead atoms. The summed E-state index contributed by atoms with van der Waals surface area (Å²) in [5.41, 5.74) is 2.25. The summed E-state index contributed by atoms with van der Waals surface area (Å²) in [5.74, 6) is 0.0713. The van der Waals surface area contributed by atoms with Gasteiger partial charge >= 0.3 is 5.97 Å². The lowest BCUT2D eigenvalue weighted by Gasteiger charge is -2.12. The number of benzene rings is 3. The summed E-state index contributed by atoms with van der Waals surface area (Å²) in [5, 5.41) is 1.94. The monoisotopic (exact) mass is 451 g/mol. The fourth-order valence-electron chi connectivity index (χ4n) is 3.80. The summed E-state index contributed by atoms with van der Waals surface area (Å²) in [4.78, 5) is 12.9. The second-order valence-electron chi connectivity index (χ2n) is 7.64. The van der Waals surface area contributed by atoms with Crippen LogP contribution in [0.3, 0.4) is 0 Å². The molecular weight excluding hydrogens is 426 g/mol. The van der Waals surface area contributed by atoms with Gasteiger partial charge in [0.15, 0.2) is 0 Å². The first kappa shape index (κ1) is 21.9. The number of nitrogens with one attached hydrogen (secondary N) is 1. The molecule has 0 aliphatic carbocycles. The van der Waals surface area contributed by atoms with Gasteiger partial charge in [0.25, 0.3) is 10.0 Å². The molecule has 0 saturated heterocycles. The third kappa shape index (κ3) is 3.96. The Morgan fingerprint density at radius 2 is 1.69 bits per heavy atom. The normalized spacial score (nSPS) is 11.7. The Morgan fingerprint density at radius 3 is 2.34 bits per heavy atom. The van der Waals surface area contributed by atoms with E-state index in [1.807, 2.05) is 38.1 Å². The minimum Gasteiger partial charge on any atom is -0.462 e. The highest BCUT2D eigenvalue weighted by Gasteiger charge is 2.25. The van der Waals surface area contributed by atoms with E-state index in [4.69, 9.17) is 9.15 Å². The van der Waals surface area contributed by atoms with Crippen molar-refractivity contribution in [2.24, 2.45) is 0 Å². The summed E-state index contributed by atoms with van der Waals surface area (Å²) in [6, 6.07) is 15.7. The number of fused-ring (bicyclic) bond motifs is 3. The van der Waals surface area contributed by atoms with Crippen LogP contribution in [0.1, 0.15) is 41.9 Å². The Morgan fingerprint density at radius 1 is 1.00 bits per heavy atom. The number of hydrogen-bond acceptors (Lipinski definition) is 5. The third-order valence-electron chi connectivity index (χ3n) is 5.30. The molecular formula is C25H25NO5S. The van der Waals surface area contributed by atoms with Crippen molar-refractivity contribution in [3.05, 3.63) is 71.5 Å². The van der Waals surface area contributed by atoms with Crippen molar-refractivity contribution in [1.82, 2.24) is 0 Å². The molecule has 1 heterocycles. The summed E-state index contributed by atoms with van der Waals surface area (Å²) in [6.45, 7) is 5.88. The number of hydrogen-bond donors (Lipinski definition) is 1. The summed E-state index contributed by atoms with van der Waals surface area (Å²) in [6.07, 6.45) is 1.36. The number of carbonyl (C=O) groups is 1. The smallest absolute Gasteiger partial charge is 0.342 e. The van der Waals surface area contributed by atoms with Gasteiger partial charge in [0.1, 0.15) is 16.9 Å². The van der Waals surface area contributed by atoms with Crippen molar-refractivity contribution in [3.63, 3.8) is 0 Å². The van der Waals surface area contributed by atoms with Crippen LogP contribution >= 0.6 is 0 Å². The van der Waals surface area contributed by atoms with Crippen LogP contribution < -0.4 is 4.72 Å². The van der Waals surface area contributed by atoms with Crippen molar-refractivity contribution < 1.29 is 22.4 Å². The molecule has 0 unspecified atom stereocenters. The van der Waals surface area contributed by atoms with Gasteiger partial charge in [-0.3, -0.25) is 4.72 Å². The average Bonchev–Trinajstić information content (AvgIpc) is 3.12. The van der Waals surface area contributed by atoms with E-state index in [1.165, 1.54) is 0 Å². The van der Waals surface area contributed by atoms with Crippen LogP contribution in [0, 0.1) is 6.92 Å². The Hall–Kier alpha value is -3.32. The second-order valence-corrected chi connectivity index (χ2v) is 9.32. The zero-order valence-corrected chi connectivity index (χ0v) is 19.1. The largest absolute Gasteiger partial charge is 0.462 e. The minimum absolute atomic E-state index is 0.164. The Balaban J connectivity index is 1.95. The topological polar surface area (TPSA) is 85.6 Å². The number of esters is 1. The number of sulfonamides is 1. The van der Waals surface area contributed by atoms with E-state index in [1.54, 1.807) is 37.3 Å². The van der Waals surface area contributed by atoms with Gasteiger partial charge in [-0.05, 0) is 38.5 Å². The molecule has 0 radical (unpaired) electrons. The fraction of sp³-hybridized carbons (Fsp3) is 0.240. The third-order valence-corrected chi connectivity index (χ3v) is 6.68. The molecule has 32 heavy (non-hydrogen) atoms. The molecule has 3 aromatic carbocycles. The van der Waals surface area contributed by atoms with Crippen LogP contribution in [0.2, 0.25) is 0 Å². The second kappa shape index (κ2) is 8.67. The number of aryl methyl sites for hydroxylation is 2. The van der Waals surface area contributed by atoms with Crippen LogP contribution in [0.4, 0.5) is 5.69 Å². The first-order valence-electron chi connectivity index (χ1n) is 10.6. The van der Waals surface area contributed by atoms with Crippen molar-refractivity contribution in [3.8, 4) is 0 Å². The standard InChI is InChI=1S/C25H25NO5S/c1-4-8-22-23(25(27)30-5-2)20-15-21(18-9-6-7-10-19(18)24(20)31-22)26-32(28,29)17-13-11-16(3)12-14-17/h6-7,9-15,26H,4-5,8H2,1-3H3. The molecule has 166 valence electrons. The highest BCUT2D eigenvalue weighted by Crippen LogP contribution is 2.38. The van der Waals surface area contributed by atoms with E-state index in [0.29, 0.717) is 39.8 Å². The molecule has 1 aromatic heterocycles.